The molecule has 72 valence electrons. The van der Waals surface area contributed by atoms with Crippen molar-refractivity contribution < 1.29 is 9.59 Å². The van der Waals surface area contributed by atoms with Gasteiger partial charge in [0.15, 0.2) is 0 Å². The second-order valence-electron chi connectivity index (χ2n) is 2.67. The van der Waals surface area contributed by atoms with Crippen molar-refractivity contribution in [2.24, 2.45) is 0 Å². The first-order chi connectivity index (χ1) is 6.54. The first-order valence-electron chi connectivity index (χ1n) is 3.55. The number of aromatic nitrogens is 1. The standard InChI is InChI=1S/C8H2Br3NO2/c9-2-1-12-6-3(2)7(13)4(10)5(11)8(6)14/h1,12H. The summed E-state index contributed by atoms with van der Waals surface area (Å²) in [6, 6.07) is 0. The van der Waals surface area contributed by atoms with Crippen LogP contribution in [-0.4, -0.2) is 16.6 Å². The molecule has 1 aliphatic rings. The Morgan fingerprint density at radius 1 is 1.00 bits per heavy atom. The summed E-state index contributed by atoms with van der Waals surface area (Å²) in [5.74, 6) is -0.434. The molecule has 0 radical (unpaired) electrons. The number of carbonyl (C=O) groups excluding carboxylic acids is 2. The Labute approximate surface area is 104 Å². The lowest BCUT2D eigenvalue weighted by Gasteiger charge is -2.10. The van der Waals surface area contributed by atoms with Crippen molar-refractivity contribution in [1.82, 2.24) is 4.98 Å². The number of hydrogen-bond acceptors (Lipinski definition) is 2. The first kappa shape index (κ1) is 10.3. The highest BCUT2D eigenvalue weighted by molar-refractivity contribution is 9.14. The Morgan fingerprint density at radius 2 is 1.57 bits per heavy atom. The van der Waals surface area contributed by atoms with Crippen molar-refractivity contribution >= 4 is 59.4 Å². The number of hydrogen-bond donors (Lipinski definition) is 1. The fraction of sp³-hybridized carbons (Fsp3) is 0. The maximum absolute atomic E-state index is 11.7. The van der Waals surface area contributed by atoms with E-state index in [1.165, 1.54) is 0 Å². The van der Waals surface area contributed by atoms with Gasteiger partial charge in [0.05, 0.1) is 20.2 Å². The third kappa shape index (κ3) is 1.28. The lowest BCUT2D eigenvalue weighted by Crippen LogP contribution is -2.16. The third-order valence-electron chi connectivity index (χ3n) is 1.88. The van der Waals surface area contributed by atoms with E-state index in [4.69, 9.17) is 0 Å². The quantitative estimate of drug-likeness (QED) is 0.748. The second-order valence-corrected chi connectivity index (χ2v) is 5.11. The van der Waals surface area contributed by atoms with Crippen molar-refractivity contribution in [3.63, 3.8) is 0 Å². The van der Waals surface area contributed by atoms with Crippen molar-refractivity contribution in [3.8, 4) is 0 Å². The molecule has 3 nitrogen and oxygen atoms in total. The second kappa shape index (κ2) is 3.43. The number of H-pyrrole nitrogens is 1. The highest BCUT2D eigenvalue weighted by Crippen LogP contribution is 2.35. The van der Waals surface area contributed by atoms with Gasteiger partial charge in [-0.1, -0.05) is 0 Å². The Kier molecular flexibility index (Phi) is 2.53. The summed E-state index contributed by atoms with van der Waals surface area (Å²) >= 11 is 9.35. The first-order valence-corrected chi connectivity index (χ1v) is 5.93. The zero-order valence-electron chi connectivity index (χ0n) is 6.53. The van der Waals surface area contributed by atoms with Gasteiger partial charge in [-0.05, 0) is 47.8 Å². The van der Waals surface area contributed by atoms with Gasteiger partial charge in [0.25, 0.3) is 0 Å². The minimum atomic E-state index is -0.225. The number of aromatic amines is 1. The molecule has 0 aromatic carbocycles. The van der Waals surface area contributed by atoms with E-state index >= 15 is 0 Å². The largest absolute Gasteiger partial charge is 0.357 e. The minimum Gasteiger partial charge on any atom is -0.357 e. The lowest BCUT2D eigenvalue weighted by molar-refractivity contribution is 0.0987. The van der Waals surface area contributed by atoms with E-state index in [0.29, 0.717) is 15.7 Å². The van der Waals surface area contributed by atoms with Crippen molar-refractivity contribution in [3.05, 3.63) is 30.9 Å². The van der Waals surface area contributed by atoms with Gasteiger partial charge in [-0.2, -0.15) is 0 Å². The van der Waals surface area contributed by atoms with Crippen LogP contribution < -0.4 is 0 Å². The maximum Gasteiger partial charge on any atom is 0.218 e. The molecule has 1 aliphatic carbocycles. The molecular formula is C8H2Br3NO2. The molecule has 0 saturated carbocycles. The van der Waals surface area contributed by atoms with Gasteiger partial charge >= 0.3 is 0 Å². The average Bonchev–Trinajstić information content (AvgIpc) is 2.54. The number of rotatable bonds is 0. The van der Waals surface area contributed by atoms with Crippen molar-refractivity contribution in [2.45, 2.75) is 0 Å². The smallest absolute Gasteiger partial charge is 0.218 e. The monoisotopic (exact) mass is 381 g/mol. The van der Waals surface area contributed by atoms with E-state index in [-0.39, 0.29) is 20.5 Å². The molecular weight excluding hydrogens is 382 g/mol. The number of nitrogens with one attached hydrogen (secondary N) is 1. The van der Waals surface area contributed by atoms with E-state index in [9.17, 15) is 9.59 Å². The molecule has 2 rings (SSSR count). The van der Waals surface area contributed by atoms with Crippen LogP contribution in [0.1, 0.15) is 20.8 Å². The van der Waals surface area contributed by atoms with Gasteiger partial charge in [0.2, 0.25) is 11.6 Å². The van der Waals surface area contributed by atoms with Crippen LogP contribution in [0.15, 0.2) is 19.6 Å². The van der Waals surface area contributed by atoms with Crippen LogP contribution in [0.5, 0.6) is 0 Å². The zero-order valence-corrected chi connectivity index (χ0v) is 11.3. The molecule has 14 heavy (non-hydrogen) atoms. The predicted molar refractivity (Wildman–Crippen MR) is 62.0 cm³/mol. The topological polar surface area (TPSA) is 49.9 Å². The Hall–Kier alpha value is -0.200. The predicted octanol–water partition coefficient (Wildman–Crippen LogP) is 3.16. The van der Waals surface area contributed by atoms with Gasteiger partial charge in [-0.15, -0.1) is 0 Å². The Bertz CT molecular complexity index is 487. The van der Waals surface area contributed by atoms with Gasteiger partial charge in [-0.25, -0.2) is 0 Å². The third-order valence-corrected chi connectivity index (χ3v) is 4.55. The fourth-order valence-electron chi connectivity index (χ4n) is 1.22. The molecule has 1 aromatic rings. The molecule has 1 heterocycles. The van der Waals surface area contributed by atoms with Crippen LogP contribution in [0, 0.1) is 0 Å². The average molecular weight is 384 g/mol. The summed E-state index contributed by atoms with van der Waals surface area (Å²) in [5, 5.41) is 0. The minimum absolute atomic E-state index is 0.209. The van der Waals surface area contributed by atoms with Crippen LogP contribution >= 0.6 is 47.8 Å². The van der Waals surface area contributed by atoms with Crippen LogP contribution in [0.4, 0.5) is 0 Å². The van der Waals surface area contributed by atoms with E-state index in [2.05, 4.69) is 52.8 Å². The normalized spacial score (nSPS) is 16.2. The molecule has 0 amide bonds. The number of Topliss-reactive ketones (excluding diaryl/α,β-unsaturated/α-hetero) is 2. The SMILES string of the molecule is O=C1C(Br)=C(Br)C(=O)c2c(Br)c[nH]c21. The van der Waals surface area contributed by atoms with Crippen molar-refractivity contribution in [2.75, 3.05) is 0 Å². The van der Waals surface area contributed by atoms with Crippen LogP contribution in [0.2, 0.25) is 0 Å². The molecule has 0 aliphatic heterocycles. The maximum atomic E-state index is 11.7. The summed E-state index contributed by atoms with van der Waals surface area (Å²) in [6.45, 7) is 0. The number of ketones is 2. The summed E-state index contributed by atoms with van der Waals surface area (Å²) in [4.78, 5) is 26.1. The van der Waals surface area contributed by atoms with Crippen LogP contribution in [0.25, 0.3) is 0 Å². The Balaban J connectivity index is 2.75. The van der Waals surface area contributed by atoms with Gasteiger partial charge < -0.3 is 4.98 Å². The molecule has 1 N–H and O–H groups in total. The van der Waals surface area contributed by atoms with E-state index in [1.807, 2.05) is 0 Å². The molecule has 6 heteroatoms. The summed E-state index contributed by atoms with van der Waals surface area (Å²) in [5.41, 5.74) is 0.696. The van der Waals surface area contributed by atoms with Crippen LogP contribution in [-0.2, 0) is 0 Å². The van der Waals surface area contributed by atoms with E-state index in [0.717, 1.165) is 0 Å². The molecule has 0 saturated heterocycles. The number of carbonyl (C=O) groups is 2. The molecule has 0 unspecified atom stereocenters. The van der Waals surface area contributed by atoms with Crippen molar-refractivity contribution in [1.29, 1.82) is 0 Å². The Morgan fingerprint density at radius 3 is 2.21 bits per heavy atom. The van der Waals surface area contributed by atoms with Gasteiger partial charge in [0.1, 0.15) is 0 Å². The van der Waals surface area contributed by atoms with Gasteiger partial charge in [-0.3, -0.25) is 9.59 Å². The number of halogens is 3. The summed E-state index contributed by atoms with van der Waals surface area (Å²) in [7, 11) is 0. The highest BCUT2D eigenvalue weighted by Gasteiger charge is 2.32. The summed E-state index contributed by atoms with van der Waals surface area (Å²) in [6.07, 6.45) is 1.58. The molecule has 1 aromatic heterocycles. The van der Waals surface area contributed by atoms with E-state index in [1.54, 1.807) is 6.20 Å². The molecule has 0 spiro atoms. The molecule has 0 atom stereocenters. The van der Waals surface area contributed by atoms with Gasteiger partial charge in [0, 0.05) is 10.7 Å². The van der Waals surface area contributed by atoms with E-state index < -0.39 is 0 Å². The zero-order chi connectivity index (χ0) is 10.5. The summed E-state index contributed by atoms with van der Waals surface area (Å²) < 4.78 is 1.11. The highest BCUT2D eigenvalue weighted by atomic mass is 79.9. The fourth-order valence-corrected chi connectivity index (χ4v) is 2.47. The molecule has 0 bridgehead atoms. The lowest BCUT2D eigenvalue weighted by atomic mass is 10.0. The molecule has 0 fully saturated rings. The number of fused-ring (bicyclic) bond motifs is 1. The number of allylic oxidation sites excluding steroid dienone is 2. The van der Waals surface area contributed by atoms with Crippen LogP contribution in [0.3, 0.4) is 0 Å².